The number of ether oxygens (including phenoxy) is 1. The Kier molecular flexibility index (Phi) is 6.83. The molecule has 1 atom stereocenters. The summed E-state index contributed by atoms with van der Waals surface area (Å²) < 4.78 is 33.0. The summed E-state index contributed by atoms with van der Waals surface area (Å²) in [5.74, 6) is -0.457. The molecule has 0 saturated carbocycles. The first-order valence-electron chi connectivity index (χ1n) is 6.22. The van der Waals surface area contributed by atoms with E-state index in [4.69, 9.17) is 0 Å². The predicted molar refractivity (Wildman–Crippen MR) is 87.4 cm³/mol. The zero-order valence-electron chi connectivity index (χ0n) is 11.9. The fourth-order valence-corrected chi connectivity index (χ4v) is 4.44. The van der Waals surface area contributed by atoms with Crippen LogP contribution < -0.4 is 4.72 Å². The Morgan fingerprint density at radius 2 is 1.95 bits per heavy atom. The summed E-state index contributed by atoms with van der Waals surface area (Å²) in [4.78, 5) is 11.8. The van der Waals surface area contributed by atoms with Gasteiger partial charge in [-0.05, 0) is 46.5 Å². The van der Waals surface area contributed by atoms with Gasteiger partial charge in [-0.1, -0.05) is 29.8 Å². The highest BCUT2D eigenvalue weighted by atomic mass is 79.9. The van der Waals surface area contributed by atoms with Crippen LogP contribution in [0.15, 0.2) is 32.0 Å². The minimum Gasteiger partial charge on any atom is -0.468 e. The van der Waals surface area contributed by atoms with Crippen molar-refractivity contribution in [3.8, 4) is 0 Å². The maximum atomic E-state index is 12.4. The molecular formula is C13H17Br2NO4S. The number of rotatable bonds is 6. The molecule has 0 bridgehead atoms. The molecule has 0 aromatic heterocycles. The Hall–Kier alpha value is -0.440. The second kappa shape index (κ2) is 7.71. The molecule has 0 radical (unpaired) electrons. The van der Waals surface area contributed by atoms with E-state index in [2.05, 4.69) is 41.3 Å². The first-order valence-corrected chi connectivity index (χ1v) is 9.29. The number of carbonyl (C=O) groups excluding carboxylic acids is 1. The number of methoxy groups -OCH3 is 1. The van der Waals surface area contributed by atoms with Crippen molar-refractivity contribution in [2.45, 2.75) is 31.2 Å². The fraction of sp³-hybridized carbons (Fsp3) is 0.462. The van der Waals surface area contributed by atoms with E-state index >= 15 is 0 Å². The van der Waals surface area contributed by atoms with Crippen LogP contribution in [-0.2, 0) is 19.6 Å². The quantitative estimate of drug-likeness (QED) is 0.687. The van der Waals surface area contributed by atoms with E-state index in [1.54, 1.807) is 12.1 Å². The molecule has 21 heavy (non-hydrogen) atoms. The van der Waals surface area contributed by atoms with E-state index < -0.39 is 22.0 Å². The van der Waals surface area contributed by atoms with Crippen LogP contribution in [0.25, 0.3) is 0 Å². The lowest BCUT2D eigenvalue weighted by atomic mass is 10.1. The van der Waals surface area contributed by atoms with Gasteiger partial charge in [0, 0.05) is 8.95 Å². The van der Waals surface area contributed by atoms with Gasteiger partial charge in [0.05, 0.1) is 12.0 Å². The summed E-state index contributed by atoms with van der Waals surface area (Å²) >= 11 is 6.44. The molecule has 118 valence electrons. The number of hydrogen-bond donors (Lipinski definition) is 1. The lowest BCUT2D eigenvalue weighted by molar-refractivity contribution is -0.143. The summed E-state index contributed by atoms with van der Waals surface area (Å²) in [5, 5.41) is 0. The number of halogens is 2. The molecule has 1 aromatic carbocycles. The van der Waals surface area contributed by atoms with Gasteiger partial charge in [-0.3, -0.25) is 4.79 Å². The van der Waals surface area contributed by atoms with Gasteiger partial charge < -0.3 is 4.74 Å². The first kappa shape index (κ1) is 18.6. The Balaban J connectivity index is 3.11. The van der Waals surface area contributed by atoms with Crippen LogP contribution in [0.1, 0.15) is 20.3 Å². The Morgan fingerprint density at radius 3 is 2.48 bits per heavy atom. The minimum atomic E-state index is -3.84. The van der Waals surface area contributed by atoms with E-state index in [-0.39, 0.29) is 10.8 Å². The molecule has 0 fully saturated rings. The van der Waals surface area contributed by atoms with Gasteiger partial charge in [0.2, 0.25) is 10.0 Å². The van der Waals surface area contributed by atoms with Gasteiger partial charge >= 0.3 is 5.97 Å². The van der Waals surface area contributed by atoms with Gasteiger partial charge in [0.25, 0.3) is 0 Å². The van der Waals surface area contributed by atoms with Crippen LogP contribution in [-0.4, -0.2) is 27.5 Å². The monoisotopic (exact) mass is 441 g/mol. The average Bonchev–Trinajstić information content (AvgIpc) is 2.38. The molecule has 0 aliphatic carbocycles. The standard InChI is InChI=1S/C13H17Br2NO4S/c1-8(2)6-11(13(17)20-3)16-21(18,19)12-7-9(14)4-5-10(12)15/h4-5,7-8,11,16H,6H2,1-3H3/t11-/m1/s1. The largest absolute Gasteiger partial charge is 0.468 e. The molecule has 0 spiro atoms. The van der Waals surface area contributed by atoms with Crippen molar-refractivity contribution >= 4 is 47.9 Å². The number of esters is 1. The highest BCUT2D eigenvalue weighted by Gasteiger charge is 2.28. The molecular weight excluding hydrogens is 426 g/mol. The van der Waals surface area contributed by atoms with Crippen LogP contribution >= 0.6 is 31.9 Å². The van der Waals surface area contributed by atoms with Gasteiger partial charge in [-0.2, -0.15) is 4.72 Å². The zero-order chi connectivity index (χ0) is 16.2. The Morgan fingerprint density at radius 1 is 1.33 bits per heavy atom. The lowest BCUT2D eigenvalue weighted by Crippen LogP contribution is -2.42. The number of nitrogens with one attached hydrogen (secondary N) is 1. The second-order valence-electron chi connectivity index (χ2n) is 4.90. The summed E-state index contributed by atoms with van der Waals surface area (Å²) in [7, 11) is -2.61. The zero-order valence-corrected chi connectivity index (χ0v) is 15.9. The number of benzene rings is 1. The van der Waals surface area contributed by atoms with Crippen molar-refractivity contribution in [3.05, 3.63) is 27.1 Å². The molecule has 0 aliphatic heterocycles. The van der Waals surface area contributed by atoms with E-state index in [9.17, 15) is 13.2 Å². The molecule has 0 aliphatic rings. The van der Waals surface area contributed by atoms with Crippen molar-refractivity contribution in [1.29, 1.82) is 0 Å². The van der Waals surface area contributed by atoms with E-state index in [0.717, 1.165) is 0 Å². The van der Waals surface area contributed by atoms with Crippen LogP contribution in [0.3, 0.4) is 0 Å². The number of carbonyl (C=O) groups is 1. The Labute approximate surface area is 141 Å². The van der Waals surface area contributed by atoms with Crippen LogP contribution in [0.5, 0.6) is 0 Å². The van der Waals surface area contributed by atoms with Crippen molar-refractivity contribution in [1.82, 2.24) is 4.72 Å². The van der Waals surface area contributed by atoms with Crippen LogP contribution in [0.2, 0.25) is 0 Å². The topological polar surface area (TPSA) is 72.5 Å². The normalized spacial score (nSPS) is 13.2. The van der Waals surface area contributed by atoms with Crippen LogP contribution in [0, 0.1) is 5.92 Å². The minimum absolute atomic E-state index is 0.0644. The van der Waals surface area contributed by atoms with Crippen LogP contribution in [0.4, 0.5) is 0 Å². The van der Waals surface area contributed by atoms with Gasteiger partial charge in [-0.15, -0.1) is 0 Å². The SMILES string of the molecule is COC(=O)[C@@H](CC(C)C)NS(=O)(=O)c1cc(Br)ccc1Br. The maximum Gasteiger partial charge on any atom is 0.323 e. The second-order valence-corrected chi connectivity index (χ2v) is 8.35. The molecule has 0 amide bonds. The predicted octanol–water partition coefficient (Wildman–Crippen LogP) is 3.08. The summed E-state index contributed by atoms with van der Waals surface area (Å²) in [6, 6.07) is 3.89. The average molecular weight is 443 g/mol. The number of hydrogen-bond acceptors (Lipinski definition) is 4. The highest BCUT2D eigenvalue weighted by Crippen LogP contribution is 2.26. The van der Waals surface area contributed by atoms with Crippen molar-refractivity contribution < 1.29 is 17.9 Å². The van der Waals surface area contributed by atoms with E-state index in [0.29, 0.717) is 15.4 Å². The molecule has 0 unspecified atom stereocenters. The fourth-order valence-electron chi connectivity index (χ4n) is 1.74. The number of sulfonamides is 1. The summed E-state index contributed by atoms with van der Waals surface area (Å²) in [6.07, 6.45) is 0.359. The molecule has 0 heterocycles. The van der Waals surface area contributed by atoms with E-state index in [1.807, 2.05) is 13.8 Å². The van der Waals surface area contributed by atoms with Gasteiger partial charge in [0.1, 0.15) is 6.04 Å². The molecule has 1 aromatic rings. The molecule has 8 heteroatoms. The Bertz CT molecular complexity index is 617. The molecule has 5 nitrogen and oxygen atoms in total. The van der Waals surface area contributed by atoms with Gasteiger partial charge in [-0.25, -0.2) is 8.42 Å². The maximum absolute atomic E-state index is 12.4. The smallest absolute Gasteiger partial charge is 0.323 e. The molecule has 0 saturated heterocycles. The highest BCUT2D eigenvalue weighted by molar-refractivity contribution is 9.11. The van der Waals surface area contributed by atoms with Gasteiger partial charge in [0.15, 0.2) is 0 Å². The third-order valence-electron chi connectivity index (χ3n) is 2.67. The lowest BCUT2D eigenvalue weighted by Gasteiger charge is -2.19. The summed E-state index contributed by atoms with van der Waals surface area (Å²) in [5.41, 5.74) is 0. The van der Waals surface area contributed by atoms with E-state index in [1.165, 1.54) is 13.2 Å². The molecule has 1 N–H and O–H groups in total. The first-order chi connectivity index (χ1) is 9.67. The third-order valence-corrected chi connectivity index (χ3v) is 5.63. The van der Waals surface area contributed by atoms with Crippen molar-refractivity contribution in [2.75, 3.05) is 7.11 Å². The summed E-state index contributed by atoms with van der Waals surface area (Å²) in [6.45, 7) is 3.80. The molecule has 1 rings (SSSR count). The van der Waals surface area contributed by atoms with Crippen molar-refractivity contribution in [2.24, 2.45) is 5.92 Å². The van der Waals surface area contributed by atoms with Crippen molar-refractivity contribution in [3.63, 3.8) is 0 Å². The third kappa shape index (κ3) is 5.36.